The molecule has 0 bridgehead atoms. The van der Waals surface area contributed by atoms with Gasteiger partial charge in [0.2, 0.25) is 0 Å². The van der Waals surface area contributed by atoms with Gasteiger partial charge < -0.3 is 15.0 Å². The number of amides is 1. The van der Waals surface area contributed by atoms with E-state index < -0.39 is 6.10 Å². The van der Waals surface area contributed by atoms with Crippen molar-refractivity contribution in [1.29, 1.82) is 0 Å². The molecule has 1 amide bonds. The number of rotatable bonds is 7. The van der Waals surface area contributed by atoms with Gasteiger partial charge in [-0.2, -0.15) is 0 Å². The molecular formula is C22H29N3O2. The summed E-state index contributed by atoms with van der Waals surface area (Å²) in [7, 11) is 0. The van der Waals surface area contributed by atoms with Crippen molar-refractivity contribution in [2.75, 3.05) is 38.0 Å². The molecule has 0 saturated carbocycles. The Kier molecular flexibility index (Phi) is 6.85. The van der Waals surface area contributed by atoms with Crippen LogP contribution in [-0.4, -0.2) is 54.5 Å². The molecule has 1 fully saturated rings. The van der Waals surface area contributed by atoms with Crippen molar-refractivity contribution in [2.45, 2.75) is 26.5 Å². The van der Waals surface area contributed by atoms with Crippen molar-refractivity contribution >= 4 is 11.6 Å². The van der Waals surface area contributed by atoms with Crippen LogP contribution in [0.1, 0.15) is 19.4 Å². The van der Waals surface area contributed by atoms with Gasteiger partial charge in [0.1, 0.15) is 5.75 Å². The number of likely N-dealkylation sites (N-methyl/N-ethyl adjacent to an activating group) is 1. The lowest BCUT2D eigenvalue weighted by Crippen LogP contribution is -2.45. The molecule has 3 rings (SSSR count). The number of hydrogen-bond donors (Lipinski definition) is 1. The number of carbonyl (C=O) groups is 1. The van der Waals surface area contributed by atoms with Gasteiger partial charge in [0.05, 0.1) is 0 Å². The maximum Gasteiger partial charge on any atom is 0.265 e. The van der Waals surface area contributed by atoms with Crippen LogP contribution in [-0.2, 0) is 11.3 Å². The lowest BCUT2D eigenvalue weighted by molar-refractivity contribution is -0.122. The normalized spacial score (nSPS) is 16.7. The number of benzene rings is 2. The number of piperazine rings is 1. The second-order valence-corrected chi connectivity index (χ2v) is 6.97. The Morgan fingerprint density at radius 3 is 2.26 bits per heavy atom. The van der Waals surface area contributed by atoms with Crippen molar-refractivity contribution in [3.8, 4) is 5.75 Å². The van der Waals surface area contributed by atoms with Crippen molar-refractivity contribution in [3.05, 3.63) is 60.2 Å². The predicted molar refractivity (Wildman–Crippen MR) is 109 cm³/mol. The zero-order valence-electron chi connectivity index (χ0n) is 16.2. The summed E-state index contributed by atoms with van der Waals surface area (Å²) in [6.07, 6.45) is -0.554. The van der Waals surface area contributed by atoms with Gasteiger partial charge in [0.15, 0.2) is 6.10 Å². The van der Waals surface area contributed by atoms with E-state index in [1.165, 1.54) is 5.56 Å². The smallest absolute Gasteiger partial charge is 0.265 e. The number of nitrogens with zero attached hydrogens (tertiary/aromatic N) is 2. The topological polar surface area (TPSA) is 44.8 Å². The number of para-hydroxylation sites is 1. The van der Waals surface area contributed by atoms with Crippen LogP contribution in [0.2, 0.25) is 0 Å². The average Bonchev–Trinajstić information content (AvgIpc) is 2.71. The molecule has 1 aliphatic heterocycles. The lowest BCUT2D eigenvalue weighted by Gasteiger charge is -2.34. The van der Waals surface area contributed by atoms with Gasteiger partial charge in [0, 0.05) is 38.4 Å². The predicted octanol–water partition coefficient (Wildman–Crippen LogP) is 3.23. The van der Waals surface area contributed by atoms with Gasteiger partial charge in [-0.25, -0.2) is 0 Å². The van der Waals surface area contributed by atoms with E-state index in [2.05, 4.69) is 34.2 Å². The highest BCUT2D eigenvalue weighted by Gasteiger charge is 2.16. The van der Waals surface area contributed by atoms with Gasteiger partial charge in [-0.05, 0) is 43.3 Å². The quantitative estimate of drug-likeness (QED) is 0.816. The molecule has 144 valence electrons. The van der Waals surface area contributed by atoms with Crippen LogP contribution in [0.4, 0.5) is 5.69 Å². The SMILES string of the molecule is CCN1CCN(Cc2ccc(NC(=O)[C@@H](C)Oc3ccccc3)cc2)CC1. The van der Waals surface area contributed by atoms with Crippen molar-refractivity contribution in [1.82, 2.24) is 9.80 Å². The molecule has 0 unspecified atom stereocenters. The number of nitrogens with one attached hydrogen (secondary N) is 1. The highest BCUT2D eigenvalue weighted by molar-refractivity contribution is 5.94. The van der Waals surface area contributed by atoms with Crippen LogP contribution in [0.15, 0.2) is 54.6 Å². The van der Waals surface area contributed by atoms with Crippen molar-refractivity contribution in [3.63, 3.8) is 0 Å². The van der Waals surface area contributed by atoms with Crippen molar-refractivity contribution in [2.24, 2.45) is 0 Å². The summed E-state index contributed by atoms with van der Waals surface area (Å²) in [6.45, 7) is 10.6. The van der Waals surface area contributed by atoms with Crippen LogP contribution >= 0.6 is 0 Å². The maximum absolute atomic E-state index is 12.3. The Morgan fingerprint density at radius 1 is 1.00 bits per heavy atom. The molecule has 5 nitrogen and oxygen atoms in total. The molecule has 5 heteroatoms. The van der Waals surface area contributed by atoms with Crippen molar-refractivity contribution < 1.29 is 9.53 Å². The van der Waals surface area contributed by atoms with Gasteiger partial charge in [-0.1, -0.05) is 37.3 Å². The summed E-state index contributed by atoms with van der Waals surface area (Å²) in [5.41, 5.74) is 2.06. The first-order valence-corrected chi connectivity index (χ1v) is 9.70. The monoisotopic (exact) mass is 367 g/mol. The van der Waals surface area contributed by atoms with E-state index in [9.17, 15) is 4.79 Å². The lowest BCUT2D eigenvalue weighted by atomic mass is 10.1. The molecule has 0 spiro atoms. The minimum atomic E-state index is -0.554. The minimum absolute atomic E-state index is 0.151. The third kappa shape index (κ3) is 5.81. The summed E-state index contributed by atoms with van der Waals surface area (Å²) in [4.78, 5) is 17.3. The average molecular weight is 367 g/mol. The third-order valence-electron chi connectivity index (χ3n) is 4.97. The molecule has 1 atom stereocenters. The summed E-state index contributed by atoms with van der Waals surface area (Å²) < 4.78 is 5.67. The van der Waals surface area contributed by atoms with Crippen LogP contribution in [0.3, 0.4) is 0 Å². The van der Waals surface area contributed by atoms with E-state index in [0.717, 1.165) is 45.0 Å². The number of anilines is 1. The molecule has 1 saturated heterocycles. The molecule has 0 aromatic heterocycles. The Bertz CT molecular complexity index is 710. The van der Waals surface area contributed by atoms with Crippen LogP contribution in [0, 0.1) is 0 Å². The summed E-state index contributed by atoms with van der Waals surface area (Å²) in [5.74, 6) is 0.543. The number of carbonyl (C=O) groups excluding carboxylic acids is 1. The third-order valence-corrected chi connectivity index (χ3v) is 4.97. The number of ether oxygens (including phenoxy) is 1. The highest BCUT2D eigenvalue weighted by Crippen LogP contribution is 2.15. The Labute approximate surface area is 161 Å². The summed E-state index contributed by atoms with van der Waals surface area (Å²) in [6, 6.07) is 17.5. The Hall–Kier alpha value is -2.37. The molecule has 1 N–H and O–H groups in total. The van der Waals surface area contributed by atoms with E-state index in [0.29, 0.717) is 5.75 Å². The van der Waals surface area contributed by atoms with E-state index in [1.807, 2.05) is 42.5 Å². The molecule has 0 aliphatic carbocycles. The second kappa shape index (κ2) is 9.53. The largest absolute Gasteiger partial charge is 0.481 e. The van der Waals surface area contributed by atoms with E-state index in [-0.39, 0.29) is 5.91 Å². The fraction of sp³-hybridized carbons (Fsp3) is 0.409. The first kappa shape index (κ1) is 19.4. The minimum Gasteiger partial charge on any atom is -0.481 e. The van der Waals surface area contributed by atoms with Crippen LogP contribution in [0.5, 0.6) is 5.75 Å². The maximum atomic E-state index is 12.3. The summed E-state index contributed by atoms with van der Waals surface area (Å²) >= 11 is 0. The molecule has 0 radical (unpaired) electrons. The van der Waals surface area contributed by atoms with E-state index in [1.54, 1.807) is 6.92 Å². The molecular weight excluding hydrogens is 338 g/mol. The van der Waals surface area contributed by atoms with Gasteiger partial charge in [-0.3, -0.25) is 9.69 Å². The van der Waals surface area contributed by atoms with Gasteiger partial charge >= 0.3 is 0 Å². The van der Waals surface area contributed by atoms with Crippen LogP contribution in [0.25, 0.3) is 0 Å². The molecule has 2 aromatic rings. The highest BCUT2D eigenvalue weighted by atomic mass is 16.5. The number of hydrogen-bond acceptors (Lipinski definition) is 4. The first-order valence-electron chi connectivity index (χ1n) is 9.70. The summed E-state index contributed by atoms with van der Waals surface area (Å²) in [5, 5.41) is 2.92. The molecule has 27 heavy (non-hydrogen) atoms. The van der Waals surface area contributed by atoms with Gasteiger partial charge in [-0.15, -0.1) is 0 Å². The molecule has 1 heterocycles. The zero-order chi connectivity index (χ0) is 19.1. The second-order valence-electron chi connectivity index (χ2n) is 6.97. The van der Waals surface area contributed by atoms with Crippen LogP contribution < -0.4 is 10.1 Å². The van der Waals surface area contributed by atoms with E-state index in [4.69, 9.17) is 4.74 Å². The zero-order valence-corrected chi connectivity index (χ0v) is 16.2. The Morgan fingerprint density at radius 2 is 1.63 bits per heavy atom. The Balaban J connectivity index is 1.48. The molecule has 1 aliphatic rings. The standard InChI is InChI=1S/C22H29N3O2/c1-3-24-13-15-25(16-14-24)17-19-9-11-20(12-10-19)23-22(26)18(2)27-21-7-5-4-6-8-21/h4-12,18H,3,13-17H2,1-2H3,(H,23,26)/t18-/m1/s1. The fourth-order valence-electron chi connectivity index (χ4n) is 3.22. The molecule has 2 aromatic carbocycles. The first-order chi connectivity index (χ1) is 13.1. The van der Waals surface area contributed by atoms with E-state index >= 15 is 0 Å². The van der Waals surface area contributed by atoms with Gasteiger partial charge in [0.25, 0.3) is 5.91 Å². The fourth-order valence-corrected chi connectivity index (χ4v) is 3.22.